The van der Waals surface area contributed by atoms with Crippen molar-refractivity contribution in [3.8, 4) is 16.9 Å². The van der Waals surface area contributed by atoms with Crippen molar-refractivity contribution in [3.05, 3.63) is 71.6 Å². The largest absolute Gasteiger partial charge is 0.592 e. The predicted octanol–water partition coefficient (Wildman–Crippen LogP) is 4.58. The third kappa shape index (κ3) is 4.99. The molecule has 30 heavy (non-hydrogen) atoms. The van der Waals surface area contributed by atoms with Gasteiger partial charge in [-0.1, -0.05) is 51.9 Å². The normalized spacial score (nSPS) is 17.5. The van der Waals surface area contributed by atoms with Crippen LogP contribution < -0.4 is 9.46 Å². The Balaban J connectivity index is 1.36. The Morgan fingerprint density at radius 3 is 2.67 bits per heavy atom. The van der Waals surface area contributed by atoms with E-state index in [0.29, 0.717) is 4.21 Å². The molecule has 0 amide bonds. The van der Waals surface area contributed by atoms with Crippen LogP contribution in [-0.2, 0) is 21.2 Å². The monoisotopic (exact) mass is 442 g/mol. The molecule has 0 spiro atoms. The summed E-state index contributed by atoms with van der Waals surface area (Å²) in [5.74, 6) is 0.869. The van der Waals surface area contributed by atoms with Crippen molar-refractivity contribution in [2.24, 2.45) is 0 Å². The maximum absolute atomic E-state index is 12.4. The molecular weight excluding hydrogens is 416 g/mol. The van der Waals surface area contributed by atoms with Crippen molar-refractivity contribution < 1.29 is 13.5 Å². The van der Waals surface area contributed by atoms with Gasteiger partial charge in [0.15, 0.2) is 10.4 Å². The fraction of sp³-hybridized carbons (Fsp3) is 0.304. The van der Waals surface area contributed by atoms with Gasteiger partial charge in [0.05, 0.1) is 13.2 Å². The quantitative estimate of drug-likeness (QED) is 0.544. The zero-order valence-electron chi connectivity index (χ0n) is 17.0. The van der Waals surface area contributed by atoms with E-state index in [2.05, 4.69) is 40.0 Å². The van der Waals surface area contributed by atoms with E-state index in [9.17, 15) is 8.76 Å². The van der Waals surface area contributed by atoms with Gasteiger partial charge in [-0.05, 0) is 47.5 Å². The molecule has 7 heteroatoms. The first-order valence-electron chi connectivity index (χ1n) is 10.1. The van der Waals surface area contributed by atoms with E-state index in [1.807, 2.05) is 18.2 Å². The van der Waals surface area contributed by atoms with Crippen molar-refractivity contribution in [1.29, 1.82) is 0 Å². The number of benzene rings is 2. The zero-order valence-corrected chi connectivity index (χ0v) is 18.6. The molecule has 2 heterocycles. The van der Waals surface area contributed by atoms with Crippen LogP contribution in [0.3, 0.4) is 0 Å². The highest BCUT2D eigenvalue weighted by molar-refractivity contribution is 7.97. The van der Waals surface area contributed by atoms with E-state index in [1.54, 1.807) is 24.6 Å². The summed E-state index contributed by atoms with van der Waals surface area (Å²) in [6.07, 6.45) is 1.63. The number of piperidine rings is 1. The Bertz CT molecular complexity index is 1010. The molecular formula is C23H26N2O3S2. The summed E-state index contributed by atoms with van der Waals surface area (Å²) in [6, 6.07) is 20.0. The Labute approximate surface area is 183 Å². The lowest BCUT2D eigenvalue weighted by atomic mass is 10.0. The number of ether oxygens (including phenoxy) is 1. The van der Waals surface area contributed by atoms with Gasteiger partial charge in [0, 0.05) is 31.3 Å². The fourth-order valence-corrected chi connectivity index (χ4v) is 6.20. The van der Waals surface area contributed by atoms with Crippen molar-refractivity contribution >= 4 is 21.7 Å². The number of likely N-dealkylation sites (tertiary alicyclic amines) is 1. The number of thiophene rings is 1. The second kappa shape index (κ2) is 9.41. The molecule has 1 unspecified atom stereocenters. The van der Waals surface area contributed by atoms with Gasteiger partial charge in [-0.3, -0.25) is 4.90 Å². The Kier molecular flexibility index (Phi) is 6.65. The van der Waals surface area contributed by atoms with Gasteiger partial charge in [0.2, 0.25) is 4.21 Å². The second-order valence-corrected chi connectivity index (χ2v) is 10.4. The molecule has 3 aromatic rings. The van der Waals surface area contributed by atoms with Crippen LogP contribution in [-0.4, -0.2) is 35.7 Å². The SMILES string of the molecule is COc1ccccc1-c1cccc(CN2CCC(N[S+](=O)([O-])c3cccs3)CC2)c1. The first kappa shape index (κ1) is 21.2. The number of nitrogens with zero attached hydrogens (tertiary/aromatic N) is 1. The van der Waals surface area contributed by atoms with Crippen LogP contribution in [0.1, 0.15) is 18.4 Å². The van der Waals surface area contributed by atoms with Gasteiger partial charge >= 0.3 is 0 Å². The molecule has 1 aliphatic heterocycles. The smallest absolute Gasteiger partial charge is 0.228 e. The number of para-hydroxylation sites is 1. The average Bonchev–Trinajstić information content (AvgIpc) is 3.31. The summed E-state index contributed by atoms with van der Waals surface area (Å²) in [5, 5.41) is 1.79. The predicted molar refractivity (Wildman–Crippen MR) is 121 cm³/mol. The van der Waals surface area contributed by atoms with E-state index in [4.69, 9.17) is 4.74 Å². The third-order valence-electron chi connectivity index (χ3n) is 5.42. The lowest BCUT2D eigenvalue weighted by Gasteiger charge is -2.32. The molecule has 4 rings (SSSR count). The van der Waals surface area contributed by atoms with Crippen LogP contribution in [0.5, 0.6) is 5.75 Å². The van der Waals surface area contributed by atoms with Crippen LogP contribution in [0.2, 0.25) is 0 Å². The van der Waals surface area contributed by atoms with Gasteiger partial charge < -0.3 is 9.29 Å². The standard InChI is InChI=1S/C23H26N2O3S2/c1-28-22-9-3-2-8-21(22)19-7-4-6-18(16-19)17-25-13-11-20(12-14-25)24-30(26,27)23-10-5-15-29-23/h2-10,15-16,20H,11-14,17H2,1H3,(H-,24,26,27). The van der Waals surface area contributed by atoms with Crippen LogP contribution >= 0.6 is 11.3 Å². The molecule has 0 saturated carbocycles. The Morgan fingerprint density at radius 2 is 1.93 bits per heavy atom. The molecule has 1 atom stereocenters. The molecule has 5 nitrogen and oxygen atoms in total. The lowest BCUT2D eigenvalue weighted by Crippen LogP contribution is -2.46. The summed E-state index contributed by atoms with van der Waals surface area (Å²) in [5.41, 5.74) is 3.48. The first-order chi connectivity index (χ1) is 14.5. The van der Waals surface area contributed by atoms with Crippen LogP contribution in [0.25, 0.3) is 11.1 Å². The average molecular weight is 443 g/mol. The molecule has 1 fully saturated rings. The van der Waals surface area contributed by atoms with Crippen molar-refractivity contribution in [2.75, 3.05) is 20.2 Å². The summed E-state index contributed by atoms with van der Waals surface area (Å²) in [6.45, 7) is 2.60. The molecule has 1 saturated heterocycles. The van der Waals surface area contributed by atoms with Gasteiger partial charge in [0.25, 0.3) is 0 Å². The number of sulfonamides is 1. The molecule has 0 bridgehead atoms. The summed E-state index contributed by atoms with van der Waals surface area (Å²) in [7, 11) is -1.70. The topological polar surface area (TPSA) is 64.6 Å². The van der Waals surface area contributed by atoms with Gasteiger partial charge in [0.1, 0.15) is 5.75 Å². The zero-order chi connectivity index (χ0) is 21.0. The van der Waals surface area contributed by atoms with Gasteiger partial charge in [-0.15, -0.1) is 4.72 Å². The number of hydrogen-bond donors (Lipinski definition) is 1. The minimum absolute atomic E-state index is 0.00624. The van der Waals surface area contributed by atoms with Crippen molar-refractivity contribution in [1.82, 2.24) is 9.62 Å². The summed E-state index contributed by atoms with van der Waals surface area (Å²) < 4.78 is 33.6. The third-order valence-corrected chi connectivity index (χ3v) is 8.34. The van der Waals surface area contributed by atoms with Gasteiger partial charge in [-0.25, -0.2) is 0 Å². The van der Waals surface area contributed by atoms with Crippen molar-refractivity contribution in [2.45, 2.75) is 29.6 Å². The van der Waals surface area contributed by atoms with E-state index in [1.165, 1.54) is 16.9 Å². The van der Waals surface area contributed by atoms with E-state index in [0.717, 1.165) is 49.4 Å². The number of rotatable bonds is 7. The van der Waals surface area contributed by atoms with E-state index < -0.39 is 10.4 Å². The maximum Gasteiger partial charge on any atom is 0.228 e. The van der Waals surface area contributed by atoms with Crippen LogP contribution in [0.15, 0.2) is 70.3 Å². The van der Waals surface area contributed by atoms with E-state index in [-0.39, 0.29) is 6.04 Å². The lowest BCUT2D eigenvalue weighted by molar-refractivity contribution is 0.198. The highest BCUT2D eigenvalue weighted by Crippen LogP contribution is 2.30. The molecule has 0 aliphatic carbocycles. The molecule has 2 aromatic carbocycles. The summed E-state index contributed by atoms with van der Waals surface area (Å²) in [4.78, 5) is 2.39. The molecule has 1 aliphatic rings. The number of methoxy groups -OCH3 is 1. The molecule has 1 aromatic heterocycles. The highest BCUT2D eigenvalue weighted by Gasteiger charge is 2.29. The number of nitrogens with one attached hydrogen (secondary N) is 1. The highest BCUT2D eigenvalue weighted by atomic mass is 32.3. The molecule has 0 radical (unpaired) electrons. The van der Waals surface area contributed by atoms with Crippen LogP contribution in [0.4, 0.5) is 0 Å². The molecule has 158 valence electrons. The maximum atomic E-state index is 12.4. The van der Waals surface area contributed by atoms with Crippen LogP contribution in [0, 0.1) is 0 Å². The molecule has 1 N–H and O–H groups in total. The van der Waals surface area contributed by atoms with Crippen molar-refractivity contribution in [3.63, 3.8) is 0 Å². The Hall–Kier alpha value is -2.03. The summed E-state index contributed by atoms with van der Waals surface area (Å²) >= 11 is 1.25. The number of hydrogen-bond acceptors (Lipinski definition) is 5. The fourth-order valence-electron chi connectivity index (χ4n) is 3.88. The second-order valence-electron chi connectivity index (χ2n) is 7.50. The minimum atomic E-state index is -3.40. The minimum Gasteiger partial charge on any atom is -0.592 e. The van der Waals surface area contributed by atoms with Gasteiger partial charge in [-0.2, -0.15) is 0 Å². The Morgan fingerprint density at radius 1 is 1.13 bits per heavy atom. The first-order valence-corrected chi connectivity index (χ1v) is 12.4. The van der Waals surface area contributed by atoms with E-state index >= 15 is 0 Å².